The fourth-order valence-electron chi connectivity index (χ4n) is 3.64. The molecule has 1 atom stereocenters. The van der Waals surface area contributed by atoms with Crippen molar-refractivity contribution in [1.82, 2.24) is 19.2 Å². The maximum Gasteiger partial charge on any atom is 0.199 e. The van der Waals surface area contributed by atoms with Gasteiger partial charge in [-0.1, -0.05) is 18.2 Å². The number of rotatable bonds is 9. The maximum absolute atomic E-state index is 13.4. The minimum absolute atomic E-state index is 0.126. The van der Waals surface area contributed by atoms with Gasteiger partial charge in [0.1, 0.15) is 18.2 Å². The Labute approximate surface area is 186 Å². The highest BCUT2D eigenvalue weighted by molar-refractivity contribution is 7.71. The van der Waals surface area contributed by atoms with Crippen LogP contribution >= 0.6 is 12.2 Å². The van der Waals surface area contributed by atoms with Gasteiger partial charge in [0.2, 0.25) is 0 Å². The van der Waals surface area contributed by atoms with E-state index in [1.54, 1.807) is 12.1 Å². The Hall–Kier alpha value is -2.55. The Balaban J connectivity index is 1.48. The summed E-state index contributed by atoms with van der Waals surface area (Å²) in [4.78, 5) is 2.11. The van der Waals surface area contributed by atoms with Gasteiger partial charge >= 0.3 is 0 Å². The molecule has 0 saturated carbocycles. The molecule has 0 aliphatic carbocycles. The van der Waals surface area contributed by atoms with Gasteiger partial charge in [0.05, 0.1) is 19.3 Å². The van der Waals surface area contributed by atoms with Gasteiger partial charge in [-0.25, -0.2) is 9.07 Å². The summed E-state index contributed by atoms with van der Waals surface area (Å²) in [7, 11) is 2.01. The summed E-state index contributed by atoms with van der Waals surface area (Å²) in [5, 5.41) is 4.77. The molecule has 1 aliphatic heterocycles. The molecule has 31 heavy (non-hydrogen) atoms. The molecule has 0 N–H and O–H groups in total. The molecule has 0 spiro atoms. The van der Waals surface area contributed by atoms with Gasteiger partial charge in [-0.3, -0.25) is 9.47 Å². The number of ether oxygens (including phenoxy) is 2. The second kappa shape index (κ2) is 10.2. The van der Waals surface area contributed by atoms with Crippen molar-refractivity contribution in [3.8, 4) is 17.1 Å². The Morgan fingerprint density at radius 3 is 2.68 bits per heavy atom. The van der Waals surface area contributed by atoms with E-state index in [1.807, 2.05) is 46.6 Å². The molecule has 0 amide bonds. The highest BCUT2D eigenvalue weighted by Crippen LogP contribution is 2.22. The lowest BCUT2D eigenvalue weighted by atomic mass is 10.2. The third-order valence-electron chi connectivity index (χ3n) is 5.30. The molecule has 164 valence electrons. The molecule has 1 unspecified atom stereocenters. The van der Waals surface area contributed by atoms with E-state index in [0.29, 0.717) is 24.6 Å². The Kier molecular flexibility index (Phi) is 7.11. The van der Waals surface area contributed by atoms with Gasteiger partial charge in [-0.2, -0.15) is 5.10 Å². The molecule has 1 aromatic heterocycles. The van der Waals surface area contributed by atoms with E-state index in [1.165, 1.54) is 12.1 Å². The first-order valence-corrected chi connectivity index (χ1v) is 10.9. The third-order valence-corrected chi connectivity index (χ3v) is 5.73. The van der Waals surface area contributed by atoms with Crippen LogP contribution in [-0.4, -0.2) is 52.2 Å². The zero-order valence-corrected chi connectivity index (χ0v) is 18.4. The van der Waals surface area contributed by atoms with Crippen LogP contribution in [0.5, 0.6) is 5.75 Å². The summed E-state index contributed by atoms with van der Waals surface area (Å²) < 4.78 is 29.5. The molecule has 8 heteroatoms. The smallest absolute Gasteiger partial charge is 0.199 e. The van der Waals surface area contributed by atoms with E-state index in [0.717, 1.165) is 43.1 Å². The van der Waals surface area contributed by atoms with E-state index >= 15 is 0 Å². The lowest BCUT2D eigenvalue weighted by molar-refractivity contribution is 0.0967. The zero-order chi connectivity index (χ0) is 21.6. The molecule has 3 aromatic rings. The van der Waals surface area contributed by atoms with Gasteiger partial charge in [0.25, 0.3) is 0 Å². The van der Waals surface area contributed by atoms with Crippen LogP contribution in [0.3, 0.4) is 0 Å². The van der Waals surface area contributed by atoms with Crippen LogP contribution in [0, 0.1) is 10.6 Å². The van der Waals surface area contributed by atoms with Crippen molar-refractivity contribution in [3.63, 3.8) is 0 Å². The molecular formula is C23H27FN4O2S. The van der Waals surface area contributed by atoms with Crippen LogP contribution in [0.1, 0.15) is 12.8 Å². The summed E-state index contributed by atoms with van der Waals surface area (Å²) in [5.41, 5.74) is 0.833. The molecule has 2 heterocycles. The SMILES string of the molecule is CN(CCOc1ccccc1)Cn1nc(-c2ccc(F)cc2)n(CC2CCCO2)c1=S. The molecule has 1 aliphatic rings. The Morgan fingerprint density at radius 2 is 1.97 bits per heavy atom. The largest absolute Gasteiger partial charge is 0.492 e. The Morgan fingerprint density at radius 1 is 1.19 bits per heavy atom. The van der Waals surface area contributed by atoms with Crippen molar-refractivity contribution in [2.75, 3.05) is 26.8 Å². The summed E-state index contributed by atoms with van der Waals surface area (Å²) in [6, 6.07) is 16.1. The van der Waals surface area contributed by atoms with Crippen molar-refractivity contribution in [3.05, 3.63) is 65.2 Å². The van der Waals surface area contributed by atoms with Crippen molar-refractivity contribution in [2.45, 2.75) is 32.2 Å². The zero-order valence-electron chi connectivity index (χ0n) is 17.6. The normalized spacial score (nSPS) is 16.2. The fourth-order valence-corrected chi connectivity index (χ4v) is 3.90. The lowest BCUT2D eigenvalue weighted by Gasteiger charge is -2.17. The van der Waals surface area contributed by atoms with Crippen LogP contribution < -0.4 is 4.74 Å². The number of benzene rings is 2. The van der Waals surface area contributed by atoms with Gasteiger partial charge in [-0.05, 0) is 68.5 Å². The number of likely N-dealkylation sites (N-methyl/N-ethyl adjacent to an activating group) is 1. The van der Waals surface area contributed by atoms with Crippen LogP contribution in [-0.2, 0) is 18.0 Å². The topological polar surface area (TPSA) is 44.5 Å². The molecule has 6 nitrogen and oxygen atoms in total. The third kappa shape index (κ3) is 5.58. The number of hydrogen-bond acceptors (Lipinski definition) is 5. The molecule has 0 bridgehead atoms. The van der Waals surface area contributed by atoms with Crippen LogP contribution in [0.4, 0.5) is 4.39 Å². The van der Waals surface area contributed by atoms with Crippen LogP contribution in [0.25, 0.3) is 11.4 Å². The number of nitrogens with zero attached hydrogens (tertiary/aromatic N) is 4. The molecule has 0 radical (unpaired) electrons. The van der Waals surface area contributed by atoms with Crippen LogP contribution in [0.15, 0.2) is 54.6 Å². The second-order valence-corrected chi connectivity index (χ2v) is 8.11. The molecule has 1 fully saturated rings. The quantitative estimate of drug-likeness (QED) is 0.461. The molecule has 2 aromatic carbocycles. The standard InChI is InChI=1S/C23H27FN4O2S/c1-26(13-15-30-20-6-3-2-4-7-20)17-28-23(31)27(16-21-8-5-14-29-21)22(25-28)18-9-11-19(24)12-10-18/h2-4,6-7,9-12,21H,5,8,13-17H2,1H3. The summed E-state index contributed by atoms with van der Waals surface area (Å²) in [6.45, 7) is 3.24. The monoisotopic (exact) mass is 442 g/mol. The van der Waals surface area contributed by atoms with E-state index in [-0.39, 0.29) is 11.9 Å². The van der Waals surface area contributed by atoms with E-state index in [9.17, 15) is 4.39 Å². The number of para-hydroxylation sites is 1. The number of hydrogen-bond donors (Lipinski definition) is 0. The molecular weight excluding hydrogens is 415 g/mol. The first-order valence-electron chi connectivity index (χ1n) is 10.5. The number of aromatic nitrogens is 3. The molecule has 1 saturated heterocycles. The summed E-state index contributed by atoms with van der Waals surface area (Å²) >= 11 is 5.76. The first kappa shape index (κ1) is 21.7. The number of halogens is 1. The highest BCUT2D eigenvalue weighted by atomic mass is 32.1. The van der Waals surface area contributed by atoms with E-state index in [2.05, 4.69) is 4.90 Å². The summed E-state index contributed by atoms with van der Waals surface area (Å²) in [6.07, 6.45) is 2.19. The van der Waals surface area contributed by atoms with E-state index in [4.69, 9.17) is 26.8 Å². The van der Waals surface area contributed by atoms with Crippen molar-refractivity contribution in [1.29, 1.82) is 0 Å². The predicted molar refractivity (Wildman–Crippen MR) is 120 cm³/mol. The predicted octanol–water partition coefficient (Wildman–Crippen LogP) is 4.37. The van der Waals surface area contributed by atoms with E-state index < -0.39 is 0 Å². The van der Waals surface area contributed by atoms with Gasteiger partial charge in [0.15, 0.2) is 10.6 Å². The van der Waals surface area contributed by atoms with Gasteiger partial charge < -0.3 is 9.47 Å². The average Bonchev–Trinajstić information content (AvgIpc) is 3.39. The Bertz CT molecular complexity index is 1030. The highest BCUT2D eigenvalue weighted by Gasteiger charge is 2.21. The van der Waals surface area contributed by atoms with Crippen LogP contribution in [0.2, 0.25) is 0 Å². The fraction of sp³-hybridized carbons (Fsp3) is 0.391. The average molecular weight is 443 g/mol. The minimum atomic E-state index is -0.273. The lowest BCUT2D eigenvalue weighted by Crippen LogP contribution is -2.27. The van der Waals surface area contributed by atoms with Crippen molar-refractivity contribution in [2.24, 2.45) is 0 Å². The van der Waals surface area contributed by atoms with Crippen molar-refractivity contribution < 1.29 is 13.9 Å². The summed E-state index contributed by atoms with van der Waals surface area (Å²) in [5.74, 6) is 1.31. The minimum Gasteiger partial charge on any atom is -0.492 e. The van der Waals surface area contributed by atoms with Gasteiger partial charge in [0, 0.05) is 18.7 Å². The first-order chi connectivity index (χ1) is 15.1. The maximum atomic E-state index is 13.4. The van der Waals surface area contributed by atoms with Gasteiger partial charge in [-0.15, -0.1) is 0 Å². The second-order valence-electron chi connectivity index (χ2n) is 7.74. The van der Waals surface area contributed by atoms with Crippen molar-refractivity contribution >= 4 is 12.2 Å². The molecule has 4 rings (SSSR count).